The number of aromatic nitrogens is 5. The zero-order valence-corrected chi connectivity index (χ0v) is 24.1. The number of phosphoric acid groups is 1. The maximum Gasteiger partial charge on any atom is 0.480 e. The lowest BCUT2D eigenvalue weighted by Gasteiger charge is -2.19. The molecule has 0 bridgehead atoms. The number of hydrogen-bond donors (Lipinski definition) is 9. The minimum absolute atomic E-state index is 0. The molecule has 19 nitrogen and oxygen atoms in total. The van der Waals surface area contributed by atoms with Crippen LogP contribution in [0.1, 0.15) is 11.8 Å². The van der Waals surface area contributed by atoms with Crippen molar-refractivity contribution in [2.24, 2.45) is 7.05 Å². The van der Waals surface area contributed by atoms with Crippen LogP contribution in [-0.4, -0.2) is 71.0 Å². The van der Waals surface area contributed by atoms with Gasteiger partial charge in [0.15, 0.2) is 11.8 Å². The Morgan fingerprint density at radius 2 is 1.93 bits per heavy atom. The Balaban J connectivity index is 0.00000242. The number of nitrogens with two attached hydrogens (primary N) is 1. The van der Waals surface area contributed by atoms with Crippen LogP contribution < -0.4 is 32.8 Å². The third kappa shape index (κ3) is 6.78. The number of hydrogen-bond acceptors (Lipinski definition) is 13. The molecule has 0 saturated carbocycles. The summed E-state index contributed by atoms with van der Waals surface area (Å²) in [5.74, 6) is -0.981. The number of nitrogen functional groups attached to an aromatic ring is 1. The topological polar surface area (TPSA) is 324 Å². The summed E-state index contributed by atoms with van der Waals surface area (Å²) in [6.07, 6.45) is -2.43. The molecule has 1 aromatic carbocycles. The summed E-state index contributed by atoms with van der Waals surface area (Å²) in [5.41, 5.74) is 7.41. The van der Waals surface area contributed by atoms with Gasteiger partial charge < -0.3 is 52.9 Å². The summed E-state index contributed by atoms with van der Waals surface area (Å²) in [7, 11) is -8.40. The van der Waals surface area contributed by atoms with Crippen LogP contribution in [0.25, 0.3) is 22.1 Å². The number of nitrogens with zero attached hydrogens (tertiary/aromatic N) is 4. The number of nitrogens with one attached hydrogen (secondary N) is 2. The van der Waals surface area contributed by atoms with E-state index in [2.05, 4.69) is 24.3 Å². The number of aliphatic hydroxyl groups excluding tert-OH is 2. The van der Waals surface area contributed by atoms with Crippen molar-refractivity contribution in [3.05, 3.63) is 42.4 Å². The van der Waals surface area contributed by atoms with Crippen LogP contribution in [0.15, 0.2) is 36.8 Å². The van der Waals surface area contributed by atoms with E-state index in [1.807, 2.05) is 24.3 Å². The fraction of sp³-hybridized carbons (Fsp3) is 0.381. The van der Waals surface area contributed by atoms with E-state index in [-0.39, 0.29) is 36.0 Å². The first-order chi connectivity index (χ1) is 18.8. The fourth-order valence-electron chi connectivity index (χ4n) is 4.54. The van der Waals surface area contributed by atoms with Crippen LogP contribution in [0.4, 0.5) is 5.95 Å². The molecule has 3 aromatic heterocycles. The number of phosphoric ester groups is 1. The van der Waals surface area contributed by atoms with Gasteiger partial charge in [0, 0.05) is 29.5 Å². The number of aryl methyl sites for hydroxylation is 1. The molecule has 5 rings (SSSR count). The van der Waals surface area contributed by atoms with E-state index in [1.165, 1.54) is 22.5 Å². The van der Waals surface area contributed by atoms with Crippen LogP contribution in [0.5, 0.6) is 5.88 Å². The van der Waals surface area contributed by atoms with Gasteiger partial charge in [-0.3, -0.25) is 9.09 Å². The molecule has 42 heavy (non-hydrogen) atoms. The molecular formula is C21H33N9O10P2. The summed E-state index contributed by atoms with van der Waals surface area (Å²) >= 11 is 0. The molecule has 0 spiro atoms. The van der Waals surface area contributed by atoms with E-state index in [0.29, 0.717) is 6.42 Å². The Morgan fingerprint density at radius 1 is 1.21 bits per heavy atom. The Kier molecular flexibility index (Phi) is 10.1. The normalized spacial score (nSPS) is 23.3. The number of aliphatic hydroxyl groups is 2. The van der Waals surface area contributed by atoms with Gasteiger partial charge in [-0.2, -0.15) is 4.31 Å². The van der Waals surface area contributed by atoms with Gasteiger partial charge in [0.2, 0.25) is 6.23 Å². The molecule has 1 fully saturated rings. The van der Waals surface area contributed by atoms with Crippen LogP contribution in [0.3, 0.4) is 0 Å². The zero-order chi connectivity index (χ0) is 28.8. The number of benzene rings is 1. The summed E-state index contributed by atoms with van der Waals surface area (Å²) < 4.78 is 42.3. The summed E-state index contributed by atoms with van der Waals surface area (Å²) in [6.45, 7) is -0.859. The first-order valence-electron chi connectivity index (χ1n) is 11.9. The molecule has 2 unspecified atom stereocenters. The number of para-hydroxylation sites is 1. The number of fused-ring (bicyclic) bond motifs is 2. The van der Waals surface area contributed by atoms with Crippen molar-refractivity contribution in [1.82, 2.24) is 36.9 Å². The second-order valence-electron chi connectivity index (χ2n) is 9.12. The quantitative estimate of drug-likeness (QED) is 0.0777. The number of rotatable bonds is 10. The second kappa shape index (κ2) is 12.7. The first-order valence-corrected chi connectivity index (χ1v) is 15.0. The number of ether oxygens (including phenoxy) is 1. The maximum absolute atomic E-state index is 12.4. The Hall–Kier alpha value is -3.03. The molecule has 232 valence electrons. The lowest BCUT2D eigenvalue weighted by Crippen LogP contribution is -2.46. The van der Waals surface area contributed by atoms with E-state index in [9.17, 15) is 34.2 Å². The van der Waals surface area contributed by atoms with Crippen LogP contribution in [-0.2, 0) is 36.2 Å². The van der Waals surface area contributed by atoms with Crippen LogP contribution in [0, 0.1) is 0 Å². The first kappa shape index (κ1) is 33.5. The highest BCUT2D eigenvalue weighted by Crippen LogP contribution is 2.57. The van der Waals surface area contributed by atoms with E-state index in [4.69, 9.17) is 15.0 Å². The molecule has 1 aliphatic rings. The highest BCUT2D eigenvalue weighted by Gasteiger charge is 2.48. The van der Waals surface area contributed by atoms with Gasteiger partial charge in [-0.05, 0) is 18.1 Å². The van der Waals surface area contributed by atoms with Crippen molar-refractivity contribution in [3.63, 3.8) is 0 Å². The SMILES string of the molecule is Cn1c[n+]([C@@H]2O[C@H](COP(=O)(O)OP(=O)(O)NCCc3c[nH]c4ccccc34)[C@@H](O)[C@H]2O)c2nc(N)nc([O-])c21.N.N. The molecule has 0 amide bonds. The van der Waals surface area contributed by atoms with Crippen molar-refractivity contribution >= 4 is 43.6 Å². The summed E-state index contributed by atoms with van der Waals surface area (Å²) in [4.78, 5) is 30.7. The van der Waals surface area contributed by atoms with Gasteiger partial charge in [-0.25, -0.2) is 23.8 Å². The molecule has 1 saturated heterocycles. The van der Waals surface area contributed by atoms with Gasteiger partial charge in [0.25, 0.3) is 5.95 Å². The Bertz CT molecular complexity index is 1650. The summed E-state index contributed by atoms with van der Waals surface area (Å²) in [6, 6.07) is 7.48. The number of imidazole rings is 1. The minimum atomic E-state index is -5.14. The fourth-order valence-corrected chi connectivity index (χ4v) is 6.81. The molecule has 14 N–H and O–H groups in total. The van der Waals surface area contributed by atoms with Gasteiger partial charge in [-0.15, -0.1) is 0 Å². The van der Waals surface area contributed by atoms with Gasteiger partial charge in [-0.1, -0.05) is 23.2 Å². The van der Waals surface area contributed by atoms with Gasteiger partial charge in [0.1, 0.15) is 18.3 Å². The maximum atomic E-state index is 12.4. The monoisotopic (exact) mass is 633 g/mol. The average molecular weight is 633 g/mol. The Morgan fingerprint density at radius 3 is 2.67 bits per heavy atom. The molecule has 4 aromatic rings. The summed E-state index contributed by atoms with van der Waals surface area (Å²) in [5, 5.41) is 36.4. The smallest absolute Gasteiger partial charge is 0.480 e. The van der Waals surface area contributed by atoms with E-state index in [1.54, 1.807) is 6.20 Å². The highest BCUT2D eigenvalue weighted by atomic mass is 31.3. The molecule has 21 heteroatoms. The number of aromatic amines is 1. The molecule has 4 heterocycles. The standard InChI is InChI=1S/C21H27N7O10P2.2H3N/c1-27-10-28(18-15(27)19(31)26-21(22)25-18)20-17(30)16(29)14(37-20)9-36-40(34,35)38-39(32,33)24-7-6-11-8-23-13-5-3-2-4-12(11)13;;/h2-5,8,10,14,16-17,20,23,29-30H,6-7,9H2,1H3,(H5-,22,24,25,26,31,32,33,34,35);2*1H3/t14-,16-,17-,20-;;/m1../s1. The van der Waals surface area contributed by atoms with Crippen molar-refractivity contribution in [2.75, 3.05) is 18.9 Å². The molecule has 1 aliphatic heterocycles. The molecular weight excluding hydrogens is 600 g/mol. The van der Waals surface area contributed by atoms with Crippen LogP contribution >= 0.6 is 15.6 Å². The zero-order valence-electron chi connectivity index (χ0n) is 22.3. The minimum Gasteiger partial charge on any atom is -0.856 e. The molecule has 0 radical (unpaired) electrons. The third-order valence-electron chi connectivity index (χ3n) is 6.35. The van der Waals surface area contributed by atoms with Gasteiger partial charge in [0.05, 0.1) is 13.7 Å². The number of anilines is 1. The van der Waals surface area contributed by atoms with E-state index < -0.39 is 52.6 Å². The van der Waals surface area contributed by atoms with Crippen LogP contribution in [0.2, 0.25) is 0 Å². The van der Waals surface area contributed by atoms with Gasteiger partial charge >= 0.3 is 21.2 Å². The predicted octanol–water partition coefficient (Wildman–Crippen LogP) is -0.598. The highest BCUT2D eigenvalue weighted by molar-refractivity contribution is 7.62. The van der Waals surface area contributed by atoms with Crippen molar-refractivity contribution < 1.29 is 52.4 Å². The van der Waals surface area contributed by atoms with Crippen molar-refractivity contribution in [3.8, 4) is 5.88 Å². The lowest BCUT2D eigenvalue weighted by atomic mass is 10.1. The Labute approximate surface area is 238 Å². The molecule has 0 aliphatic carbocycles. The molecule has 6 atom stereocenters. The van der Waals surface area contributed by atoms with Crippen molar-refractivity contribution in [1.29, 1.82) is 0 Å². The van der Waals surface area contributed by atoms with E-state index in [0.717, 1.165) is 16.5 Å². The average Bonchev–Trinajstić information content (AvgIpc) is 3.51. The van der Waals surface area contributed by atoms with Crippen molar-refractivity contribution in [2.45, 2.75) is 31.0 Å². The lowest BCUT2D eigenvalue weighted by molar-refractivity contribution is -0.745. The van der Waals surface area contributed by atoms with E-state index >= 15 is 0 Å². The third-order valence-corrected chi connectivity index (χ3v) is 9.16. The number of H-pyrrole nitrogens is 1. The largest absolute Gasteiger partial charge is 0.856 e. The second-order valence-corrected chi connectivity index (χ2v) is 12.3. The predicted molar refractivity (Wildman–Crippen MR) is 145 cm³/mol.